The van der Waals surface area contributed by atoms with Crippen molar-refractivity contribution in [3.05, 3.63) is 0 Å². The molecule has 2 unspecified atom stereocenters. The van der Waals surface area contributed by atoms with Crippen molar-refractivity contribution in [1.82, 2.24) is 5.32 Å². The van der Waals surface area contributed by atoms with Crippen molar-refractivity contribution >= 4 is 11.7 Å². The number of carbonyl (C=O) groups excluding carboxylic acids is 2. The van der Waals surface area contributed by atoms with E-state index in [9.17, 15) is 19.8 Å². The highest BCUT2D eigenvalue weighted by Crippen LogP contribution is 2.18. The molecule has 0 saturated carbocycles. The fraction of sp³-hybridized carbons (Fsp3) is 0.900. The van der Waals surface area contributed by atoms with Crippen molar-refractivity contribution in [3.63, 3.8) is 0 Å². The van der Waals surface area contributed by atoms with Crippen LogP contribution >= 0.6 is 0 Å². The molecule has 0 aromatic heterocycles. The number of hydrogen-bond donors (Lipinski definition) is 3. The third-order valence-corrected chi connectivity index (χ3v) is 4.78. The fourth-order valence-corrected chi connectivity index (χ4v) is 2.85. The molecule has 0 fully saturated rings. The Morgan fingerprint density at radius 2 is 1.48 bits per heavy atom. The molecule has 0 aromatic rings. The van der Waals surface area contributed by atoms with Gasteiger partial charge in [0.25, 0.3) is 0 Å². The molecule has 0 spiro atoms. The summed E-state index contributed by atoms with van der Waals surface area (Å²) in [5.74, 6) is -1.21. The number of unbranched alkanes of at least 4 members (excludes halogenated alkanes) is 7. The lowest BCUT2D eigenvalue weighted by Gasteiger charge is -2.28. The molecular formula is C20H39NO4. The van der Waals surface area contributed by atoms with Crippen LogP contribution in [0.3, 0.4) is 0 Å². The molecule has 0 radical (unpaired) electrons. The maximum absolute atomic E-state index is 12.5. The molecule has 0 bridgehead atoms. The van der Waals surface area contributed by atoms with Crippen LogP contribution in [0.2, 0.25) is 0 Å². The second kappa shape index (κ2) is 14.3. The summed E-state index contributed by atoms with van der Waals surface area (Å²) >= 11 is 0. The average molecular weight is 358 g/mol. The predicted molar refractivity (Wildman–Crippen MR) is 101 cm³/mol. The van der Waals surface area contributed by atoms with Crippen molar-refractivity contribution in [1.29, 1.82) is 0 Å². The lowest BCUT2D eigenvalue weighted by molar-refractivity contribution is -0.141. The standard InChI is InChI=1S/C20H39NO4/c1-4-7-9-11-13-15-18(23)17(14-12-10-8-5-2)19(24)21-20(25,6-3)16-22/h17,22,25H,4-16H2,1-3H3,(H,21,24). The van der Waals surface area contributed by atoms with Crippen LogP contribution in [0, 0.1) is 5.92 Å². The van der Waals surface area contributed by atoms with Crippen LogP contribution in [0.15, 0.2) is 0 Å². The minimum absolute atomic E-state index is 0.0399. The quantitative estimate of drug-likeness (QED) is 0.223. The minimum atomic E-state index is -1.64. The maximum atomic E-state index is 12.5. The van der Waals surface area contributed by atoms with Crippen molar-refractivity contribution in [3.8, 4) is 0 Å². The second-order valence-electron chi connectivity index (χ2n) is 7.06. The van der Waals surface area contributed by atoms with Gasteiger partial charge in [-0.15, -0.1) is 0 Å². The van der Waals surface area contributed by atoms with Crippen LogP contribution in [0.1, 0.15) is 97.8 Å². The van der Waals surface area contributed by atoms with Crippen molar-refractivity contribution in [2.75, 3.05) is 6.61 Å². The summed E-state index contributed by atoms with van der Waals surface area (Å²) in [5.41, 5.74) is -1.64. The molecule has 5 nitrogen and oxygen atoms in total. The van der Waals surface area contributed by atoms with E-state index in [2.05, 4.69) is 19.2 Å². The molecule has 0 aliphatic heterocycles. The SMILES string of the molecule is CCCCCCCC(=O)C(CCCCCC)C(=O)NC(O)(CC)CO. The molecule has 0 aliphatic rings. The largest absolute Gasteiger partial charge is 0.391 e. The van der Waals surface area contributed by atoms with E-state index in [1.54, 1.807) is 6.92 Å². The molecule has 5 heteroatoms. The lowest BCUT2D eigenvalue weighted by atomic mass is 9.91. The highest BCUT2D eigenvalue weighted by molar-refractivity contribution is 6.01. The normalized spacial score (nSPS) is 14.8. The van der Waals surface area contributed by atoms with Crippen LogP contribution in [-0.2, 0) is 9.59 Å². The summed E-state index contributed by atoms with van der Waals surface area (Å²) in [4.78, 5) is 25.1. The Morgan fingerprint density at radius 1 is 0.920 bits per heavy atom. The molecule has 2 atom stereocenters. The zero-order valence-electron chi connectivity index (χ0n) is 16.5. The number of aliphatic hydroxyl groups excluding tert-OH is 1. The van der Waals surface area contributed by atoms with E-state index in [-0.39, 0.29) is 12.2 Å². The van der Waals surface area contributed by atoms with E-state index in [1.165, 1.54) is 6.42 Å². The van der Waals surface area contributed by atoms with Gasteiger partial charge in [0.15, 0.2) is 5.72 Å². The summed E-state index contributed by atoms with van der Waals surface area (Å²) in [6, 6.07) is 0. The molecular weight excluding hydrogens is 318 g/mol. The number of aliphatic hydroxyl groups is 2. The molecule has 0 heterocycles. The Kier molecular flexibility index (Phi) is 13.7. The summed E-state index contributed by atoms with van der Waals surface area (Å²) in [6.07, 6.45) is 10.4. The number of ketones is 1. The van der Waals surface area contributed by atoms with Gasteiger partial charge in [-0.1, -0.05) is 72.1 Å². The van der Waals surface area contributed by atoms with Gasteiger partial charge in [-0.2, -0.15) is 0 Å². The van der Waals surface area contributed by atoms with Crippen molar-refractivity contribution in [2.24, 2.45) is 5.92 Å². The van der Waals surface area contributed by atoms with Crippen molar-refractivity contribution < 1.29 is 19.8 Å². The average Bonchev–Trinajstić information content (AvgIpc) is 2.61. The van der Waals surface area contributed by atoms with E-state index in [1.807, 2.05) is 0 Å². The molecule has 148 valence electrons. The van der Waals surface area contributed by atoms with E-state index < -0.39 is 24.2 Å². The van der Waals surface area contributed by atoms with Crippen molar-refractivity contribution in [2.45, 2.75) is 104 Å². The molecule has 0 aromatic carbocycles. The molecule has 0 saturated heterocycles. The first-order valence-corrected chi connectivity index (χ1v) is 10.1. The zero-order valence-corrected chi connectivity index (χ0v) is 16.5. The summed E-state index contributed by atoms with van der Waals surface area (Å²) in [7, 11) is 0. The minimum Gasteiger partial charge on any atom is -0.391 e. The van der Waals surface area contributed by atoms with Gasteiger partial charge in [0.2, 0.25) is 5.91 Å². The summed E-state index contributed by atoms with van der Waals surface area (Å²) < 4.78 is 0. The first-order valence-electron chi connectivity index (χ1n) is 10.1. The second-order valence-corrected chi connectivity index (χ2v) is 7.06. The van der Waals surface area contributed by atoms with Crippen LogP contribution < -0.4 is 5.32 Å². The predicted octanol–water partition coefficient (Wildman–Crippen LogP) is 3.71. The van der Waals surface area contributed by atoms with Crippen LogP contribution in [0.5, 0.6) is 0 Å². The molecule has 1 amide bonds. The highest BCUT2D eigenvalue weighted by Gasteiger charge is 2.32. The van der Waals surface area contributed by atoms with Gasteiger partial charge in [0.1, 0.15) is 5.78 Å². The number of hydrogen-bond acceptors (Lipinski definition) is 4. The zero-order chi connectivity index (χ0) is 19.1. The Morgan fingerprint density at radius 3 is 2.00 bits per heavy atom. The van der Waals surface area contributed by atoms with Gasteiger partial charge < -0.3 is 15.5 Å². The van der Waals surface area contributed by atoms with Gasteiger partial charge in [0.05, 0.1) is 12.5 Å². The Labute approximate surface area is 153 Å². The topological polar surface area (TPSA) is 86.6 Å². The van der Waals surface area contributed by atoms with Gasteiger partial charge in [0, 0.05) is 6.42 Å². The van der Waals surface area contributed by atoms with Crippen LogP contribution in [0.25, 0.3) is 0 Å². The smallest absolute Gasteiger partial charge is 0.232 e. The van der Waals surface area contributed by atoms with E-state index >= 15 is 0 Å². The maximum Gasteiger partial charge on any atom is 0.232 e. The third-order valence-electron chi connectivity index (χ3n) is 4.78. The number of nitrogens with one attached hydrogen (secondary N) is 1. The molecule has 0 rings (SSSR count). The number of rotatable bonds is 16. The molecule has 25 heavy (non-hydrogen) atoms. The van der Waals surface area contributed by atoms with Gasteiger partial charge >= 0.3 is 0 Å². The van der Waals surface area contributed by atoms with Crippen LogP contribution in [0.4, 0.5) is 0 Å². The van der Waals surface area contributed by atoms with E-state index in [4.69, 9.17) is 0 Å². The number of Topliss-reactive ketones (excluding diaryl/α,β-unsaturated/α-hetero) is 1. The lowest BCUT2D eigenvalue weighted by Crippen LogP contribution is -2.53. The van der Waals surface area contributed by atoms with E-state index in [0.29, 0.717) is 12.8 Å². The Bertz CT molecular complexity index is 367. The summed E-state index contributed by atoms with van der Waals surface area (Å²) in [6.45, 7) is 5.40. The Balaban J connectivity index is 4.66. The van der Waals surface area contributed by atoms with Gasteiger partial charge in [-0.3, -0.25) is 9.59 Å². The first kappa shape index (κ1) is 24.1. The van der Waals surface area contributed by atoms with Crippen LogP contribution in [-0.4, -0.2) is 34.2 Å². The first-order chi connectivity index (χ1) is 11.9. The van der Waals surface area contributed by atoms with Gasteiger partial charge in [-0.05, 0) is 19.3 Å². The fourth-order valence-electron chi connectivity index (χ4n) is 2.85. The summed E-state index contributed by atoms with van der Waals surface area (Å²) in [5, 5.41) is 21.9. The Hall–Kier alpha value is -0.940. The number of carbonyl (C=O) groups is 2. The monoisotopic (exact) mass is 357 g/mol. The van der Waals surface area contributed by atoms with E-state index in [0.717, 1.165) is 51.4 Å². The third kappa shape index (κ3) is 10.6. The molecule has 0 aliphatic carbocycles. The highest BCUT2D eigenvalue weighted by atomic mass is 16.3. The number of amides is 1. The van der Waals surface area contributed by atoms with Gasteiger partial charge in [-0.25, -0.2) is 0 Å². The molecule has 3 N–H and O–H groups in total.